The Hall–Kier alpha value is -1.79. The van der Waals surface area contributed by atoms with E-state index in [-0.39, 0.29) is 36.6 Å². The number of likely N-dealkylation sites (tertiary alicyclic amines) is 2. The molecule has 0 bridgehead atoms. The van der Waals surface area contributed by atoms with Gasteiger partial charge in [0.2, 0.25) is 11.8 Å². The molecule has 0 aromatic heterocycles. The van der Waals surface area contributed by atoms with E-state index in [1.54, 1.807) is 29.0 Å². The van der Waals surface area contributed by atoms with Crippen LogP contribution in [0.4, 0.5) is 5.69 Å². The first-order chi connectivity index (χ1) is 16.4. The summed E-state index contributed by atoms with van der Waals surface area (Å²) in [5.74, 6) is 0.425. The number of anilines is 1. The average Bonchev–Trinajstić information content (AvgIpc) is 3.18. The highest BCUT2D eigenvalue weighted by molar-refractivity contribution is 6.42. The molecule has 2 heterocycles. The summed E-state index contributed by atoms with van der Waals surface area (Å²) in [7, 11) is 1.75. The third-order valence-electron chi connectivity index (χ3n) is 7.10. The Morgan fingerprint density at radius 1 is 1.06 bits per heavy atom. The van der Waals surface area contributed by atoms with E-state index in [4.69, 9.17) is 23.2 Å². The molecule has 0 saturated carbocycles. The fraction of sp³-hybridized carbons (Fsp3) is 0.481. The van der Waals surface area contributed by atoms with E-state index >= 15 is 0 Å². The van der Waals surface area contributed by atoms with Crippen molar-refractivity contribution in [1.29, 1.82) is 0 Å². The lowest BCUT2D eigenvalue weighted by Crippen LogP contribution is -2.40. The zero-order valence-corrected chi connectivity index (χ0v) is 22.5. The van der Waals surface area contributed by atoms with Gasteiger partial charge in [-0.05, 0) is 75.0 Å². The first-order valence-electron chi connectivity index (χ1n) is 12.2. The van der Waals surface area contributed by atoms with Crippen LogP contribution in [0.3, 0.4) is 0 Å². The van der Waals surface area contributed by atoms with Gasteiger partial charge in [0, 0.05) is 32.2 Å². The van der Waals surface area contributed by atoms with Gasteiger partial charge in [-0.15, -0.1) is 12.4 Å². The van der Waals surface area contributed by atoms with Crippen LogP contribution in [-0.2, 0) is 16.0 Å². The molecule has 4 rings (SSSR count). The normalized spacial score (nSPS) is 19.0. The van der Waals surface area contributed by atoms with Gasteiger partial charge in [0.05, 0.1) is 16.0 Å². The molecule has 5 nitrogen and oxygen atoms in total. The third kappa shape index (κ3) is 7.36. The Morgan fingerprint density at radius 2 is 1.77 bits per heavy atom. The molecule has 190 valence electrons. The average molecular weight is 539 g/mol. The number of hydrogen-bond donors (Lipinski definition) is 0. The molecule has 0 spiro atoms. The SMILES string of the molecule is CN1CC(C(=O)N(CCCN2CCC(Cc3ccccc3)CC2)c2ccc(Cl)c(Cl)c2)CC1=O.Cl. The van der Waals surface area contributed by atoms with Gasteiger partial charge < -0.3 is 14.7 Å². The summed E-state index contributed by atoms with van der Waals surface area (Å²) in [6, 6.07) is 16.0. The highest BCUT2D eigenvalue weighted by Crippen LogP contribution is 2.30. The first-order valence-corrected chi connectivity index (χ1v) is 12.9. The Bertz CT molecular complexity index is 996. The molecule has 0 N–H and O–H groups in total. The molecule has 8 heteroatoms. The van der Waals surface area contributed by atoms with Crippen LogP contribution in [0.15, 0.2) is 48.5 Å². The second-order valence-corrected chi connectivity index (χ2v) is 10.4. The van der Waals surface area contributed by atoms with Gasteiger partial charge in [-0.1, -0.05) is 53.5 Å². The summed E-state index contributed by atoms with van der Waals surface area (Å²) in [6.45, 7) is 4.20. The van der Waals surface area contributed by atoms with Crippen LogP contribution in [-0.4, -0.2) is 61.4 Å². The van der Waals surface area contributed by atoms with Crippen molar-refractivity contribution in [2.45, 2.75) is 32.1 Å². The van der Waals surface area contributed by atoms with Gasteiger partial charge >= 0.3 is 0 Å². The minimum Gasteiger partial charge on any atom is -0.345 e. The first kappa shape index (κ1) is 27.8. The number of halogens is 3. The third-order valence-corrected chi connectivity index (χ3v) is 7.84. The highest BCUT2D eigenvalue weighted by atomic mass is 35.5. The van der Waals surface area contributed by atoms with Gasteiger partial charge in [-0.2, -0.15) is 0 Å². The van der Waals surface area contributed by atoms with Crippen molar-refractivity contribution in [1.82, 2.24) is 9.80 Å². The Balaban J connectivity index is 0.00000342. The number of nitrogens with zero attached hydrogens (tertiary/aromatic N) is 3. The minimum atomic E-state index is -0.319. The highest BCUT2D eigenvalue weighted by Gasteiger charge is 2.35. The van der Waals surface area contributed by atoms with E-state index in [9.17, 15) is 9.59 Å². The lowest BCUT2D eigenvalue weighted by Gasteiger charge is -2.33. The van der Waals surface area contributed by atoms with E-state index in [0.29, 0.717) is 23.1 Å². The second-order valence-electron chi connectivity index (χ2n) is 9.59. The Kier molecular flexibility index (Phi) is 10.3. The summed E-state index contributed by atoms with van der Waals surface area (Å²) in [5, 5.41) is 0.893. The topological polar surface area (TPSA) is 43.9 Å². The maximum absolute atomic E-state index is 13.4. The van der Waals surface area contributed by atoms with Crippen LogP contribution in [0.5, 0.6) is 0 Å². The molecule has 1 unspecified atom stereocenters. The summed E-state index contributed by atoms with van der Waals surface area (Å²) in [4.78, 5) is 31.3. The van der Waals surface area contributed by atoms with Crippen LogP contribution in [0.2, 0.25) is 10.0 Å². The molecule has 2 saturated heterocycles. The molecule has 2 aliphatic heterocycles. The van der Waals surface area contributed by atoms with Crippen LogP contribution < -0.4 is 4.90 Å². The van der Waals surface area contributed by atoms with E-state index in [2.05, 4.69) is 35.2 Å². The molecular formula is C27H34Cl3N3O2. The zero-order chi connectivity index (χ0) is 24.1. The minimum absolute atomic E-state index is 0. The standard InChI is InChI=1S/C27H33Cl2N3O2.ClH/c1-30-19-22(17-26(30)33)27(34)32(23-8-9-24(28)25(29)18-23)13-5-12-31-14-10-21(11-15-31)16-20-6-3-2-4-7-20;/h2-4,6-9,18,21-22H,5,10-17,19H2,1H3;1H. The van der Waals surface area contributed by atoms with Crippen LogP contribution in [0.1, 0.15) is 31.2 Å². The summed E-state index contributed by atoms with van der Waals surface area (Å²) >= 11 is 12.4. The lowest BCUT2D eigenvalue weighted by atomic mass is 9.90. The second kappa shape index (κ2) is 13.0. The van der Waals surface area contributed by atoms with Crippen molar-refractivity contribution in [3.05, 3.63) is 64.1 Å². The molecule has 2 aliphatic rings. The van der Waals surface area contributed by atoms with E-state index in [1.807, 2.05) is 6.07 Å². The van der Waals surface area contributed by atoms with Crippen molar-refractivity contribution in [3.8, 4) is 0 Å². The van der Waals surface area contributed by atoms with Crippen molar-refractivity contribution in [3.63, 3.8) is 0 Å². The predicted octanol–water partition coefficient (Wildman–Crippen LogP) is 5.57. The van der Waals surface area contributed by atoms with Gasteiger partial charge in [0.25, 0.3) is 0 Å². The smallest absolute Gasteiger partial charge is 0.232 e. The number of benzene rings is 2. The van der Waals surface area contributed by atoms with E-state index < -0.39 is 0 Å². The van der Waals surface area contributed by atoms with Crippen molar-refractivity contribution >= 4 is 53.1 Å². The number of hydrogen-bond acceptors (Lipinski definition) is 3. The Labute approximate surface area is 224 Å². The fourth-order valence-electron chi connectivity index (χ4n) is 5.08. The van der Waals surface area contributed by atoms with Gasteiger partial charge in [0.1, 0.15) is 0 Å². The molecule has 2 fully saturated rings. The number of rotatable bonds is 8. The van der Waals surface area contributed by atoms with Gasteiger partial charge in [0.15, 0.2) is 0 Å². The van der Waals surface area contributed by atoms with Crippen molar-refractivity contribution < 1.29 is 9.59 Å². The van der Waals surface area contributed by atoms with Crippen LogP contribution in [0.25, 0.3) is 0 Å². The molecular weight excluding hydrogens is 505 g/mol. The van der Waals surface area contributed by atoms with Crippen LogP contribution in [0, 0.1) is 11.8 Å². The summed E-state index contributed by atoms with van der Waals surface area (Å²) < 4.78 is 0. The van der Waals surface area contributed by atoms with Crippen LogP contribution >= 0.6 is 35.6 Å². The van der Waals surface area contributed by atoms with Crippen molar-refractivity contribution in [2.24, 2.45) is 11.8 Å². The maximum Gasteiger partial charge on any atom is 0.232 e. The molecule has 2 aromatic rings. The van der Waals surface area contributed by atoms with E-state index in [1.165, 1.54) is 18.4 Å². The molecule has 2 amide bonds. The molecule has 0 radical (unpaired) electrons. The van der Waals surface area contributed by atoms with Gasteiger partial charge in [-0.25, -0.2) is 0 Å². The maximum atomic E-state index is 13.4. The van der Waals surface area contributed by atoms with E-state index in [0.717, 1.165) is 44.1 Å². The fourth-order valence-corrected chi connectivity index (χ4v) is 5.38. The summed E-state index contributed by atoms with van der Waals surface area (Å²) in [5.41, 5.74) is 2.16. The molecule has 0 aliphatic carbocycles. The lowest BCUT2D eigenvalue weighted by molar-refractivity contribution is -0.127. The predicted molar refractivity (Wildman–Crippen MR) is 146 cm³/mol. The molecule has 35 heavy (non-hydrogen) atoms. The summed E-state index contributed by atoms with van der Waals surface area (Å²) in [6.07, 6.45) is 4.71. The monoisotopic (exact) mass is 537 g/mol. The zero-order valence-electron chi connectivity index (χ0n) is 20.2. The molecule has 2 aromatic carbocycles. The number of carbonyl (C=O) groups excluding carboxylic acids is 2. The van der Waals surface area contributed by atoms with Crippen molar-refractivity contribution in [2.75, 3.05) is 44.7 Å². The van der Waals surface area contributed by atoms with Gasteiger partial charge in [-0.3, -0.25) is 9.59 Å². The largest absolute Gasteiger partial charge is 0.345 e. The number of carbonyl (C=O) groups is 2. The number of piperidine rings is 1. The molecule has 1 atom stereocenters. The number of amides is 2. The Morgan fingerprint density at radius 3 is 2.40 bits per heavy atom. The quantitative estimate of drug-likeness (QED) is 0.441.